The lowest BCUT2D eigenvalue weighted by atomic mass is 10.1. The summed E-state index contributed by atoms with van der Waals surface area (Å²) in [6, 6.07) is 4.78. The molecule has 0 atom stereocenters. The molecule has 21 heavy (non-hydrogen) atoms. The fraction of sp³-hybridized carbons (Fsp3) is 0.500. The number of phenols is 1. The van der Waals surface area contributed by atoms with Crippen LogP contribution in [0.2, 0.25) is 16.6 Å². The Labute approximate surface area is 129 Å². The molecule has 114 valence electrons. The van der Waals surface area contributed by atoms with Crippen LogP contribution < -0.4 is 0 Å². The summed E-state index contributed by atoms with van der Waals surface area (Å²) in [6.07, 6.45) is 0.757. The van der Waals surface area contributed by atoms with Gasteiger partial charge in [-0.3, -0.25) is 4.79 Å². The van der Waals surface area contributed by atoms with E-state index >= 15 is 0 Å². The van der Waals surface area contributed by atoms with E-state index in [4.69, 9.17) is 0 Å². The van der Waals surface area contributed by atoms with E-state index in [-0.39, 0.29) is 5.75 Å². The van der Waals surface area contributed by atoms with Crippen LogP contribution in [0.1, 0.15) is 57.5 Å². The van der Waals surface area contributed by atoms with Crippen LogP contribution in [0, 0.1) is 11.5 Å². The van der Waals surface area contributed by atoms with Crippen molar-refractivity contribution in [2.75, 3.05) is 0 Å². The number of carbonyl (C=O) groups is 1. The normalized spacial score (nSPS) is 11.7. The van der Waals surface area contributed by atoms with Crippen LogP contribution in [0.4, 0.5) is 0 Å². The van der Waals surface area contributed by atoms with Gasteiger partial charge >= 0.3 is 0 Å². The Bertz CT molecular complexity index is 541. The average Bonchev–Trinajstić information content (AvgIpc) is 2.39. The van der Waals surface area contributed by atoms with Gasteiger partial charge in [0.05, 0.1) is 0 Å². The number of phenolic OH excluding ortho intramolecular Hbond substituents is 1. The standard InChI is InChI=1S/C18H26O2Si/c1-13(2)21(14(3)4,15(5)6)10-9-16-7-8-18(20)11-17(16)12-19/h7-8,11-15,20H,1-6H3. The Balaban J connectivity index is 3.38. The van der Waals surface area contributed by atoms with Crippen molar-refractivity contribution < 1.29 is 9.90 Å². The molecule has 0 unspecified atom stereocenters. The number of carbonyl (C=O) groups excluding carboxylic acids is 1. The van der Waals surface area contributed by atoms with Crippen molar-refractivity contribution in [3.8, 4) is 17.2 Å². The summed E-state index contributed by atoms with van der Waals surface area (Å²) in [5.41, 5.74) is 6.43. The number of hydrogen-bond donors (Lipinski definition) is 1. The lowest BCUT2D eigenvalue weighted by Crippen LogP contribution is -2.43. The first-order chi connectivity index (χ1) is 9.75. The van der Waals surface area contributed by atoms with Crippen LogP contribution >= 0.6 is 0 Å². The van der Waals surface area contributed by atoms with Crippen molar-refractivity contribution in [1.82, 2.24) is 0 Å². The van der Waals surface area contributed by atoms with Crippen molar-refractivity contribution in [3.05, 3.63) is 29.3 Å². The number of aromatic hydroxyl groups is 1. The molecule has 0 bridgehead atoms. The first-order valence-electron chi connectivity index (χ1n) is 7.57. The second-order valence-corrected chi connectivity index (χ2v) is 12.1. The fourth-order valence-electron chi connectivity index (χ4n) is 3.37. The SMILES string of the molecule is CC(C)[Si](C#Cc1ccc(O)cc1C=O)(C(C)C)C(C)C. The minimum absolute atomic E-state index is 0.0998. The van der Waals surface area contributed by atoms with Crippen molar-refractivity contribution in [2.24, 2.45) is 0 Å². The maximum absolute atomic E-state index is 11.1. The quantitative estimate of drug-likeness (QED) is 0.494. The van der Waals surface area contributed by atoms with Crippen LogP contribution in [0.15, 0.2) is 18.2 Å². The van der Waals surface area contributed by atoms with Gasteiger partial charge in [0.25, 0.3) is 0 Å². The Morgan fingerprint density at radius 3 is 2.00 bits per heavy atom. The zero-order valence-corrected chi connectivity index (χ0v) is 14.9. The van der Waals surface area contributed by atoms with Crippen LogP contribution in [-0.4, -0.2) is 19.5 Å². The summed E-state index contributed by atoms with van der Waals surface area (Å²) < 4.78 is 0. The number of rotatable bonds is 4. The summed E-state index contributed by atoms with van der Waals surface area (Å²) >= 11 is 0. The zero-order valence-electron chi connectivity index (χ0n) is 13.9. The van der Waals surface area contributed by atoms with E-state index in [2.05, 4.69) is 53.0 Å². The first-order valence-corrected chi connectivity index (χ1v) is 9.80. The third-order valence-electron chi connectivity index (χ3n) is 4.44. The maximum Gasteiger partial charge on any atom is 0.151 e. The van der Waals surface area contributed by atoms with E-state index in [9.17, 15) is 9.90 Å². The summed E-state index contributed by atoms with van der Waals surface area (Å²) in [6.45, 7) is 13.6. The molecule has 0 heterocycles. The fourth-order valence-corrected chi connectivity index (χ4v) is 8.59. The highest BCUT2D eigenvalue weighted by molar-refractivity contribution is 6.90. The van der Waals surface area contributed by atoms with Gasteiger partial charge in [-0.15, -0.1) is 5.54 Å². The lowest BCUT2D eigenvalue weighted by Gasteiger charge is -2.38. The number of hydrogen-bond acceptors (Lipinski definition) is 2. The minimum atomic E-state index is -1.80. The second-order valence-electron chi connectivity index (χ2n) is 6.54. The molecular weight excluding hydrogens is 276 g/mol. The lowest BCUT2D eigenvalue weighted by molar-refractivity contribution is 0.112. The number of aldehydes is 1. The molecule has 0 radical (unpaired) electrons. The highest BCUT2D eigenvalue weighted by Gasteiger charge is 2.41. The summed E-state index contributed by atoms with van der Waals surface area (Å²) in [5, 5.41) is 9.46. The first kappa shape index (κ1) is 17.5. The summed E-state index contributed by atoms with van der Waals surface area (Å²) in [7, 11) is -1.80. The van der Waals surface area contributed by atoms with Gasteiger partial charge in [0.2, 0.25) is 0 Å². The maximum atomic E-state index is 11.1. The predicted molar refractivity (Wildman–Crippen MR) is 91.4 cm³/mol. The predicted octanol–water partition coefficient (Wildman–Crippen LogP) is 4.77. The Kier molecular flexibility index (Phi) is 5.80. The molecule has 0 aromatic heterocycles. The van der Waals surface area contributed by atoms with Crippen molar-refractivity contribution in [2.45, 2.75) is 58.2 Å². The molecule has 1 aromatic carbocycles. The topological polar surface area (TPSA) is 37.3 Å². The van der Waals surface area contributed by atoms with E-state index < -0.39 is 8.07 Å². The van der Waals surface area contributed by atoms with Crippen LogP contribution in [-0.2, 0) is 0 Å². The van der Waals surface area contributed by atoms with Gasteiger partial charge in [-0.25, -0.2) is 0 Å². The highest BCUT2D eigenvalue weighted by Crippen LogP contribution is 2.40. The van der Waals surface area contributed by atoms with E-state index in [0.29, 0.717) is 27.8 Å². The summed E-state index contributed by atoms with van der Waals surface area (Å²) in [5.74, 6) is 3.35. The third-order valence-corrected chi connectivity index (χ3v) is 10.7. The van der Waals surface area contributed by atoms with Crippen LogP contribution in [0.5, 0.6) is 5.75 Å². The van der Waals surface area contributed by atoms with Gasteiger partial charge in [-0.05, 0) is 34.8 Å². The summed E-state index contributed by atoms with van der Waals surface area (Å²) in [4.78, 5) is 11.1. The molecule has 0 saturated heterocycles. The third kappa shape index (κ3) is 3.57. The Morgan fingerprint density at radius 2 is 1.57 bits per heavy atom. The van der Waals surface area contributed by atoms with Gasteiger partial charge in [0.15, 0.2) is 6.29 Å². The molecule has 0 aliphatic carbocycles. The minimum Gasteiger partial charge on any atom is -0.508 e. The van der Waals surface area contributed by atoms with Crippen molar-refractivity contribution in [1.29, 1.82) is 0 Å². The Morgan fingerprint density at radius 1 is 1.05 bits per heavy atom. The zero-order chi connectivity index (χ0) is 16.2. The van der Waals surface area contributed by atoms with E-state index in [1.165, 1.54) is 6.07 Å². The smallest absolute Gasteiger partial charge is 0.151 e. The molecule has 0 amide bonds. The van der Waals surface area contributed by atoms with Crippen LogP contribution in [0.3, 0.4) is 0 Å². The molecular formula is C18H26O2Si. The van der Waals surface area contributed by atoms with Crippen molar-refractivity contribution in [3.63, 3.8) is 0 Å². The largest absolute Gasteiger partial charge is 0.508 e. The highest BCUT2D eigenvalue weighted by atomic mass is 28.3. The van der Waals surface area contributed by atoms with E-state index in [1.807, 2.05) is 0 Å². The molecule has 3 heteroatoms. The monoisotopic (exact) mass is 302 g/mol. The molecule has 0 fully saturated rings. The molecule has 2 nitrogen and oxygen atoms in total. The van der Waals surface area contributed by atoms with Gasteiger partial charge in [0.1, 0.15) is 13.8 Å². The molecule has 1 rings (SSSR count). The van der Waals surface area contributed by atoms with E-state index in [1.54, 1.807) is 12.1 Å². The molecule has 1 aromatic rings. The molecule has 0 aliphatic rings. The Hall–Kier alpha value is -1.53. The average molecular weight is 302 g/mol. The molecule has 0 aliphatic heterocycles. The molecule has 0 saturated carbocycles. The molecule has 1 N–H and O–H groups in total. The van der Waals surface area contributed by atoms with E-state index in [0.717, 1.165) is 6.29 Å². The van der Waals surface area contributed by atoms with Crippen molar-refractivity contribution >= 4 is 14.4 Å². The van der Waals surface area contributed by atoms with Crippen LogP contribution in [0.25, 0.3) is 0 Å². The molecule has 0 spiro atoms. The number of benzene rings is 1. The van der Waals surface area contributed by atoms with Gasteiger partial charge in [-0.2, -0.15) is 0 Å². The van der Waals surface area contributed by atoms with Gasteiger partial charge in [0, 0.05) is 11.1 Å². The second kappa shape index (κ2) is 6.95. The van der Waals surface area contributed by atoms with Gasteiger partial charge in [-0.1, -0.05) is 47.5 Å². The van der Waals surface area contributed by atoms with Gasteiger partial charge < -0.3 is 5.11 Å².